The molecule has 0 radical (unpaired) electrons. The molecule has 1 heterocycles. The van der Waals surface area contributed by atoms with E-state index in [1.165, 1.54) is 20.0 Å². The van der Waals surface area contributed by atoms with Crippen molar-refractivity contribution in [3.05, 3.63) is 0 Å². The second kappa shape index (κ2) is 6.89. The molecule has 1 rings (SSSR count). The maximum Gasteiger partial charge on any atom is 0.330 e. The number of hydrogen-bond donors (Lipinski definition) is 1. The fourth-order valence-electron chi connectivity index (χ4n) is 2.52. The third kappa shape index (κ3) is 4.82. The van der Waals surface area contributed by atoms with Crippen LogP contribution in [0.5, 0.6) is 0 Å². The number of ether oxygens (including phenoxy) is 1. The lowest BCUT2D eigenvalue weighted by Crippen LogP contribution is -2.50. The van der Waals surface area contributed by atoms with Crippen molar-refractivity contribution in [1.29, 1.82) is 0 Å². The molecule has 1 amide bonds. The second-order valence-electron chi connectivity index (χ2n) is 5.83. The standard InChI is InChI=1S/C14H26N2O3/c1-14(2,13(18)19-4)15-12(17)9-8-11-7-5-6-10-16(11)3/h11H,5-10H2,1-4H3,(H,15,17)/t11-/m0/s1. The number of nitrogens with zero attached hydrogens (tertiary/aromatic N) is 1. The number of hydrogen-bond acceptors (Lipinski definition) is 4. The molecule has 1 aliphatic rings. The van der Waals surface area contributed by atoms with Gasteiger partial charge in [-0.3, -0.25) is 4.79 Å². The van der Waals surface area contributed by atoms with Gasteiger partial charge in [0.1, 0.15) is 5.54 Å². The van der Waals surface area contributed by atoms with Gasteiger partial charge in [0, 0.05) is 12.5 Å². The van der Waals surface area contributed by atoms with Gasteiger partial charge in [0.2, 0.25) is 5.91 Å². The molecule has 1 fully saturated rings. The van der Waals surface area contributed by atoms with Gasteiger partial charge in [0.15, 0.2) is 0 Å². The molecule has 110 valence electrons. The largest absolute Gasteiger partial charge is 0.467 e. The molecule has 0 aromatic carbocycles. The van der Waals surface area contributed by atoms with Crippen LogP contribution in [0.25, 0.3) is 0 Å². The highest BCUT2D eigenvalue weighted by Gasteiger charge is 2.30. The van der Waals surface area contributed by atoms with Gasteiger partial charge in [0.25, 0.3) is 0 Å². The summed E-state index contributed by atoms with van der Waals surface area (Å²) in [6.07, 6.45) is 4.94. The highest BCUT2D eigenvalue weighted by atomic mass is 16.5. The molecule has 0 spiro atoms. The van der Waals surface area contributed by atoms with Crippen LogP contribution in [-0.2, 0) is 14.3 Å². The van der Waals surface area contributed by atoms with E-state index in [1.807, 2.05) is 0 Å². The predicted octanol–water partition coefficient (Wildman–Crippen LogP) is 1.32. The summed E-state index contributed by atoms with van der Waals surface area (Å²) in [4.78, 5) is 25.7. The van der Waals surface area contributed by atoms with Crippen molar-refractivity contribution < 1.29 is 14.3 Å². The summed E-state index contributed by atoms with van der Waals surface area (Å²) in [6.45, 7) is 4.42. The van der Waals surface area contributed by atoms with E-state index in [0.29, 0.717) is 12.5 Å². The quantitative estimate of drug-likeness (QED) is 0.765. The summed E-state index contributed by atoms with van der Waals surface area (Å²) in [6, 6.07) is 0.487. The fraction of sp³-hybridized carbons (Fsp3) is 0.857. The SMILES string of the molecule is COC(=O)C(C)(C)NC(=O)CC[C@@H]1CCCCN1C. The lowest BCUT2D eigenvalue weighted by atomic mass is 9.98. The van der Waals surface area contributed by atoms with Gasteiger partial charge >= 0.3 is 5.97 Å². The molecule has 0 unspecified atom stereocenters. The molecule has 0 aromatic heterocycles. The van der Waals surface area contributed by atoms with Crippen LogP contribution in [0, 0.1) is 0 Å². The van der Waals surface area contributed by atoms with Crippen molar-refractivity contribution >= 4 is 11.9 Å². The molecule has 1 N–H and O–H groups in total. The zero-order chi connectivity index (χ0) is 14.5. The monoisotopic (exact) mass is 270 g/mol. The molecular formula is C14H26N2O3. The second-order valence-corrected chi connectivity index (χ2v) is 5.83. The summed E-state index contributed by atoms with van der Waals surface area (Å²) >= 11 is 0. The van der Waals surface area contributed by atoms with Crippen molar-refractivity contribution in [2.24, 2.45) is 0 Å². The van der Waals surface area contributed by atoms with E-state index in [0.717, 1.165) is 19.4 Å². The van der Waals surface area contributed by atoms with Crippen molar-refractivity contribution in [2.75, 3.05) is 20.7 Å². The number of piperidine rings is 1. The zero-order valence-electron chi connectivity index (χ0n) is 12.5. The van der Waals surface area contributed by atoms with E-state index in [4.69, 9.17) is 0 Å². The minimum absolute atomic E-state index is 0.0885. The number of esters is 1. The van der Waals surface area contributed by atoms with E-state index in [2.05, 4.69) is 22.0 Å². The van der Waals surface area contributed by atoms with Crippen molar-refractivity contribution in [2.45, 2.75) is 57.5 Å². The van der Waals surface area contributed by atoms with Crippen molar-refractivity contribution in [1.82, 2.24) is 10.2 Å². The first-order valence-corrected chi connectivity index (χ1v) is 6.96. The van der Waals surface area contributed by atoms with E-state index in [1.54, 1.807) is 13.8 Å². The molecule has 19 heavy (non-hydrogen) atoms. The Bertz CT molecular complexity index is 329. The smallest absolute Gasteiger partial charge is 0.330 e. The Balaban J connectivity index is 2.37. The van der Waals surface area contributed by atoms with Gasteiger partial charge in [-0.2, -0.15) is 0 Å². The molecular weight excluding hydrogens is 244 g/mol. The normalized spacial score (nSPS) is 20.9. The van der Waals surface area contributed by atoms with Crippen LogP contribution in [-0.4, -0.2) is 49.1 Å². The van der Waals surface area contributed by atoms with Crippen LogP contribution < -0.4 is 5.32 Å². The zero-order valence-corrected chi connectivity index (χ0v) is 12.5. The molecule has 5 heteroatoms. The van der Waals surface area contributed by atoms with Crippen LogP contribution >= 0.6 is 0 Å². The van der Waals surface area contributed by atoms with Gasteiger partial charge in [-0.25, -0.2) is 4.79 Å². The van der Waals surface area contributed by atoms with E-state index < -0.39 is 11.5 Å². The Hall–Kier alpha value is -1.10. The Morgan fingerprint density at radius 2 is 2.05 bits per heavy atom. The summed E-state index contributed by atoms with van der Waals surface area (Å²) in [7, 11) is 3.44. The molecule has 1 aliphatic heterocycles. The minimum atomic E-state index is -0.954. The van der Waals surface area contributed by atoms with E-state index in [-0.39, 0.29) is 5.91 Å². The first-order valence-electron chi connectivity index (χ1n) is 6.96. The highest BCUT2D eigenvalue weighted by Crippen LogP contribution is 2.19. The van der Waals surface area contributed by atoms with Gasteiger partial charge in [0.05, 0.1) is 7.11 Å². The number of carbonyl (C=O) groups is 2. The summed E-state index contributed by atoms with van der Waals surface area (Å²) in [5.41, 5.74) is -0.954. The van der Waals surface area contributed by atoms with Crippen LogP contribution in [0.3, 0.4) is 0 Å². The van der Waals surface area contributed by atoms with Crippen LogP contribution in [0.1, 0.15) is 46.0 Å². The summed E-state index contributed by atoms with van der Waals surface area (Å²) in [5.74, 6) is -0.509. The Kier molecular flexibility index (Phi) is 5.79. The molecule has 0 saturated carbocycles. The Labute approximate surface area is 115 Å². The molecule has 5 nitrogen and oxygen atoms in total. The Morgan fingerprint density at radius 1 is 1.37 bits per heavy atom. The number of rotatable bonds is 5. The number of nitrogens with one attached hydrogen (secondary N) is 1. The molecule has 1 atom stereocenters. The topological polar surface area (TPSA) is 58.6 Å². The van der Waals surface area contributed by atoms with Crippen LogP contribution in [0.15, 0.2) is 0 Å². The van der Waals surface area contributed by atoms with Gasteiger partial charge < -0.3 is 15.0 Å². The van der Waals surface area contributed by atoms with Gasteiger partial charge in [-0.05, 0) is 46.7 Å². The van der Waals surface area contributed by atoms with Crippen molar-refractivity contribution in [3.8, 4) is 0 Å². The maximum absolute atomic E-state index is 11.9. The van der Waals surface area contributed by atoms with E-state index in [9.17, 15) is 9.59 Å². The lowest BCUT2D eigenvalue weighted by Gasteiger charge is -2.32. The average Bonchev–Trinajstić information content (AvgIpc) is 2.36. The summed E-state index contributed by atoms with van der Waals surface area (Å²) in [5, 5.41) is 2.73. The van der Waals surface area contributed by atoms with Crippen LogP contribution in [0.4, 0.5) is 0 Å². The third-order valence-corrected chi connectivity index (χ3v) is 3.77. The molecule has 0 bridgehead atoms. The molecule has 0 aliphatic carbocycles. The van der Waals surface area contributed by atoms with Crippen molar-refractivity contribution in [3.63, 3.8) is 0 Å². The average molecular weight is 270 g/mol. The minimum Gasteiger partial charge on any atom is -0.467 e. The lowest BCUT2D eigenvalue weighted by molar-refractivity contribution is -0.149. The van der Waals surface area contributed by atoms with Gasteiger partial charge in [-0.1, -0.05) is 6.42 Å². The number of methoxy groups -OCH3 is 1. The maximum atomic E-state index is 11.9. The molecule has 0 aromatic rings. The number of likely N-dealkylation sites (tertiary alicyclic amines) is 1. The highest BCUT2D eigenvalue weighted by molar-refractivity contribution is 5.87. The van der Waals surface area contributed by atoms with Crippen LogP contribution in [0.2, 0.25) is 0 Å². The summed E-state index contributed by atoms with van der Waals surface area (Å²) < 4.78 is 4.67. The third-order valence-electron chi connectivity index (χ3n) is 3.77. The van der Waals surface area contributed by atoms with Gasteiger partial charge in [-0.15, -0.1) is 0 Å². The van der Waals surface area contributed by atoms with E-state index >= 15 is 0 Å². The first kappa shape index (κ1) is 16.0. The predicted molar refractivity (Wildman–Crippen MR) is 73.7 cm³/mol. The number of carbonyl (C=O) groups excluding carboxylic acids is 2. The molecule has 1 saturated heterocycles. The number of amides is 1. The fourth-order valence-corrected chi connectivity index (χ4v) is 2.52. The first-order chi connectivity index (χ1) is 8.86. The Morgan fingerprint density at radius 3 is 2.63 bits per heavy atom.